The Hall–Kier alpha value is -1.13. The van der Waals surface area contributed by atoms with Crippen molar-refractivity contribution in [3.63, 3.8) is 0 Å². The molecule has 2 aromatic rings. The number of hydrogen-bond donors (Lipinski definition) is 1. The van der Waals surface area contributed by atoms with Crippen molar-refractivity contribution in [2.45, 2.75) is 39.3 Å². The molecule has 0 amide bonds. The van der Waals surface area contributed by atoms with Gasteiger partial charge in [0.15, 0.2) is 0 Å². The van der Waals surface area contributed by atoms with Crippen LogP contribution < -0.4 is 5.32 Å². The van der Waals surface area contributed by atoms with E-state index in [1.165, 1.54) is 18.4 Å². The number of aryl methyl sites for hydroxylation is 1. The second kappa shape index (κ2) is 6.16. The van der Waals surface area contributed by atoms with Gasteiger partial charge in [0.05, 0.1) is 17.2 Å². The van der Waals surface area contributed by atoms with E-state index in [9.17, 15) is 0 Å². The van der Waals surface area contributed by atoms with Crippen LogP contribution in [0.4, 0.5) is 0 Å². The average Bonchev–Trinajstić information content (AvgIpc) is 2.96. The molecule has 0 spiro atoms. The molecule has 0 aliphatic heterocycles. The van der Waals surface area contributed by atoms with Gasteiger partial charge in [0.2, 0.25) is 0 Å². The summed E-state index contributed by atoms with van der Waals surface area (Å²) in [5.41, 5.74) is 2.52. The molecule has 1 atom stereocenters. The Labute approximate surface area is 113 Å². The van der Waals surface area contributed by atoms with Crippen molar-refractivity contribution >= 4 is 11.3 Å². The lowest BCUT2D eigenvalue weighted by Crippen LogP contribution is -2.15. The monoisotopic (exact) mass is 263 g/mol. The van der Waals surface area contributed by atoms with Crippen molar-refractivity contribution in [3.05, 3.63) is 40.1 Å². The summed E-state index contributed by atoms with van der Waals surface area (Å²) >= 11 is 1.71. The van der Waals surface area contributed by atoms with Crippen LogP contribution in [-0.4, -0.2) is 16.6 Å². The van der Waals surface area contributed by atoms with Gasteiger partial charge in [-0.3, -0.25) is 0 Å². The van der Waals surface area contributed by atoms with Gasteiger partial charge in [-0.15, -0.1) is 11.3 Å². The molecule has 0 aromatic carbocycles. The molecule has 98 valence electrons. The Morgan fingerprint density at radius 3 is 2.94 bits per heavy atom. The van der Waals surface area contributed by atoms with E-state index >= 15 is 0 Å². The van der Waals surface area contributed by atoms with Gasteiger partial charge in [0, 0.05) is 23.8 Å². The molecule has 2 heterocycles. The Bertz CT molecular complexity index is 487. The van der Waals surface area contributed by atoms with Crippen LogP contribution in [0, 0.1) is 6.92 Å². The Kier molecular flexibility index (Phi) is 4.55. The van der Waals surface area contributed by atoms with Crippen molar-refractivity contribution in [3.8, 4) is 0 Å². The van der Waals surface area contributed by atoms with E-state index in [1.54, 1.807) is 11.3 Å². The summed E-state index contributed by atoms with van der Waals surface area (Å²) < 4.78 is 2.21. The van der Waals surface area contributed by atoms with E-state index < -0.39 is 0 Å². The van der Waals surface area contributed by atoms with Gasteiger partial charge < -0.3 is 9.88 Å². The van der Waals surface area contributed by atoms with Crippen molar-refractivity contribution in [2.24, 2.45) is 0 Å². The predicted octanol–water partition coefficient (Wildman–Crippen LogP) is 3.36. The third-order valence-electron chi connectivity index (χ3n) is 3.11. The summed E-state index contributed by atoms with van der Waals surface area (Å²) in [6.45, 7) is 5.14. The first-order valence-corrected chi connectivity index (χ1v) is 7.34. The lowest BCUT2D eigenvalue weighted by molar-refractivity contribution is 0.540. The molecule has 2 aromatic heterocycles. The molecule has 0 aliphatic rings. The largest absolute Gasteiger partial charge is 0.348 e. The zero-order chi connectivity index (χ0) is 13.0. The third-order valence-corrected chi connectivity index (χ3v) is 3.94. The highest BCUT2D eigenvalue weighted by Crippen LogP contribution is 2.19. The summed E-state index contributed by atoms with van der Waals surface area (Å²) in [4.78, 5) is 4.50. The van der Waals surface area contributed by atoms with Crippen molar-refractivity contribution < 1.29 is 0 Å². The fourth-order valence-electron chi connectivity index (χ4n) is 2.20. The molecule has 2 rings (SSSR count). The lowest BCUT2D eigenvalue weighted by Gasteiger charge is -2.13. The minimum absolute atomic E-state index is 0.466. The zero-order valence-electron chi connectivity index (χ0n) is 11.3. The molecule has 0 radical (unpaired) electrons. The van der Waals surface area contributed by atoms with Crippen LogP contribution in [0.1, 0.15) is 42.1 Å². The van der Waals surface area contributed by atoms with Gasteiger partial charge in [0.1, 0.15) is 0 Å². The highest BCUT2D eigenvalue weighted by atomic mass is 32.1. The molecular formula is C14H21N3S. The number of nitrogens with one attached hydrogen (secondary N) is 1. The molecule has 0 saturated carbocycles. The van der Waals surface area contributed by atoms with Gasteiger partial charge in [-0.1, -0.05) is 13.3 Å². The molecule has 1 unspecified atom stereocenters. The molecule has 0 saturated heterocycles. The molecular weight excluding hydrogens is 242 g/mol. The summed E-state index contributed by atoms with van der Waals surface area (Å²) in [5.74, 6) is 0. The minimum atomic E-state index is 0.466. The maximum Gasteiger partial charge on any atom is 0.0898 e. The van der Waals surface area contributed by atoms with Gasteiger partial charge in [-0.05, 0) is 32.0 Å². The average molecular weight is 263 g/mol. The van der Waals surface area contributed by atoms with Gasteiger partial charge in [-0.25, -0.2) is 4.98 Å². The van der Waals surface area contributed by atoms with Crippen LogP contribution in [0.3, 0.4) is 0 Å². The van der Waals surface area contributed by atoms with Crippen LogP contribution in [0.15, 0.2) is 23.8 Å². The predicted molar refractivity (Wildman–Crippen MR) is 77.1 cm³/mol. The minimum Gasteiger partial charge on any atom is -0.348 e. The topological polar surface area (TPSA) is 29.9 Å². The highest BCUT2D eigenvalue weighted by Gasteiger charge is 2.09. The number of nitrogens with zero attached hydrogens (tertiary/aromatic N) is 2. The van der Waals surface area contributed by atoms with E-state index in [1.807, 2.05) is 14.0 Å². The number of rotatable bonds is 6. The van der Waals surface area contributed by atoms with Gasteiger partial charge in [-0.2, -0.15) is 0 Å². The van der Waals surface area contributed by atoms with Crippen LogP contribution in [0.5, 0.6) is 0 Å². The SMILES string of the molecule is CCCC(NC)c1ccn(Cc2csc(C)n2)c1. The van der Waals surface area contributed by atoms with Crippen LogP contribution in [-0.2, 0) is 6.54 Å². The second-order valence-corrected chi connectivity index (χ2v) is 5.67. The second-order valence-electron chi connectivity index (χ2n) is 4.60. The van der Waals surface area contributed by atoms with Crippen molar-refractivity contribution in [1.82, 2.24) is 14.9 Å². The molecule has 18 heavy (non-hydrogen) atoms. The van der Waals surface area contributed by atoms with Gasteiger partial charge in [0.25, 0.3) is 0 Å². The molecule has 0 aliphatic carbocycles. The third kappa shape index (κ3) is 3.21. The Morgan fingerprint density at radius 1 is 1.50 bits per heavy atom. The standard InChI is InChI=1S/C14H21N3S/c1-4-5-14(15-3)12-6-7-17(8-12)9-13-10-18-11(2)16-13/h6-8,10,14-15H,4-5,9H2,1-3H3. The number of aromatic nitrogens is 2. The van der Waals surface area contributed by atoms with Crippen molar-refractivity contribution in [1.29, 1.82) is 0 Å². The zero-order valence-corrected chi connectivity index (χ0v) is 12.1. The first kappa shape index (κ1) is 13.3. The molecule has 3 nitrogen and oxygen atoms in total. The number of hydrogen-bond acceptors (Lipinski definition) is 3. The highest BCUT2D eigenvalue weighted by molar-refractivity contribution is 7.09. The van der Waals surface area contributed by atoms with Crippen molar-refractivity contribution in [2.75, 3.05) is 7.05 Å². The molecule has 0 fully saturated rings. The Morgan fingerprint density at radius 2 is 2.33 bits per heavy atom. The first-order valence-electron chi connectivity index (χ1n) is 6.47. The molecule has 0 bridgehead atoms. The lowest BCUT2D eigenvalue weighted by atomic mass is 10.1. The summed E-state index contributed by atoms with van der Waals surface area (Å²) in [6, 6.07) is 2.67. The maximum atomic E-state index is 4.50. The van der Waals surface area contributed by atoms with Gasteiger partial charge >= 0.3 is 0 Å². The quantitative estimate of drug-likeness (QED) is 0.866. The van der Waals surface area contributed by atoms with Crippen LogP contribution in [0.2, 0.25) is 0 Å². The van der Waals surface area contributed by atoms with E-state index in [0.29, 0.717) is 6.04 Å². The fraction of sp³-hybridized carbons (Fsp3) is 0.500. The maximum absolute atomic E-state index is 4.50. The summed E-state index contributed by atoms with van der Waals surface area (Å²) in [6.07, 6.45) is 6.74. The van der Waals surface area contributed by atoms with Crippen LogP contribution >= 0.6 is 11.3 Å². The smallest absolute Gasteiger partial charge is 0.0898 e. The summed E-state index contributed by atoms with van der Waals surface area (Å²) in [5, 5.41) is 6.64. The van der Waals surface area contributed by atoms with E-state index in [0.717, 1.165) is 17.2 Å². The van der Waals surface area contributed by atoms with E-state index in [-0.39, 0.29) is 0 Å². The Balaban J connectivity index is 2.05. The van der Waals surface area contributed by atoms with E-state index in [2.05, 4.69) is 45.6 Å². The first-order chi connectivity index (χ1) is 8.72. The number of thiazole rings is 1. The normalized spacial score (nSPS) is 12.8. The molecule has 1 N–H and O–H groups in total. The van der Waals surface area contributed by atoms with Crippen LogP contribution in [0.25, 0.3) is 0 Å². The fourth-order valence-corrected chi connectivity index (χ4v) is 2.80. The molecule has 4 heteroatoms. The summed E-state index contributed by atoms with van der Waals surface area (Å²) in [7, 11) is 2.03. The van der Waals surface area contributed by atoms with E-state index in [4.69, 9.17) is 0 Å².